The number of hydrogen-bond donors (Lipinski definition) is 2. The highest BCUT2D eigenvalue weighted by molar-refractivity contribution is 6.00. The van der Waals surface area contributed by atoms with Crippen LogP contribution >= 0.6 is 0 Å². The van der Waals surface area contributed by atoms with Gasteiger partial charge in [-0.05, 0) is 30.7 Å². The number of nitrogens with one attached hydrogen (secondary N) is 1. The lowest BCUT2D eigenvalue weighted by atomic mass is 9.96. The molecule has 0 saturated carbocycles. The smallest absolute Gasteiger partial charge is 0.197 e. The molecule has 0 spiro atoms. The van der Waals surface area contributed by atoms with Gasteiger partial charge in [-0.2, -0.15) is 0 Å². The first-order valence-electron chi connectivity index (χ1n) is 8.84. The average Bonchev–Trinajstić information content (AvgIpc) is 3.25. The van der Waals surface area contributed by atoms with Crippen molar-refractivity contribution in [1.82, 2.24) is 4.98 Å². The van der Waals surface area contributed by atoms with Crippen molar-refractivity contribution in [3.8, 4) is 5.88 Å². The van der Waals surface area contributed by atoms with Crippen molar-refractivity contribution in [2.75, 3.05) is 0 Å². The Labute approximate surface area is 155 Å². The first-order valence-corrected chi connectivity index (χ1v) is 8.84. The van der Waals surface area contributed by atoms with Crippen LogP contribution in [0.3, 0.4) is 0 Å². The highest BCUT2D eigenvalue weighted by atomic mass is 16.3. The predicted molar refractivity (Wildman–Crippen MR) is 106 cm³/mol. The van der Waals surface area contributed by atoms with E-state index in [2.05, 4.69) is 24.0 Å². The second kappa shape index (κ2) is 5.95. The summed E-state index contributed by atoms with van der Waals surface area (Å²) in [7, 11) is 0. The van der Waals surface area contributed by atoms with E-state index in [9.17, 15) is 5.11 Å². The molecule has 4 heteroatoms. The van der Waals surface area contributed by atoms with E-state index in [-0.39, 0.29) is 5.88 Å². The van der Waals surface area contributed by atoms with E-state index in [1.54, 1.807) is 0 Å². The lowest BCUT2D eigenvalue weighted by Gasteiger charge is -2.10. The monoisotopic (exact) mass is 351 g/mol. The number of hydrogen-bond acceptors (Lipinski definition) is 3. The van der Waals surface area contributed by atoms with E-state index in [1.807, 2.05) is 60.7 Å². The molecule has 4 aromatic rings. The fourth-order valence-corrected chi connectivity index (χ4v) is 3.50. The number of H-pyrrole nitrogens is 1. The fourth-order valence-electron chi connectivity index (χ4n) is 3.50. The van der Waals surface area contributed by atoms with E-state index in [1.165, 1.54) is 5.56 Å². The lowest BCUT2D eigenvalue weighted by Crippen LogP contribution is -2.19. The maximum Gasteiger partial charge on any atom is 0.197 e. The molecule has 0 saturated heterocycles. The maximum absolute atomic E-state index is 10.7. The first kappa shape index (κ1) is 15.6. The lowest BCUT2D eigenvalue weighted by molar-refractivity contribution is 0.457. The number of para-hydroxylation sites is 3. The number of fused-ring (bicyclic) bond motifs is 2. The van der Waals surface area contributed by atoms with Gasteiger partial charge in [0.2, 0.25) is 0 Å². The van der Waals surface area contributed by atoms with Crippen LogP contribution in [0.4, 0.5) is 0 Å². The Morgan fingerprint density at radius 1 is 0.815 bits per heavy atom. The van der Waals surface area contributed by atoms with E-state index >= 15 is 0 Å². The Balaban J connectivity index is 1.88. The van der Waals surface area contributed by atoms with Gasteiger partial charge in [-0.1, -0.05) is 60.2 Å². The van der Waals surface area contributed by atoms with Crippen LogP contribution in [0, 0.1) is 6.92 Å². The normalized spacial score (nSPS) is 12.6. The molecular formula is C23H17N3O. The molecule has 1 aromatic heterocycles. The second-order valence-electron chi connectivity index (χ2n) is 6.67. The third kappa shape index (κ3) is 2.54. The van der Waals surface area contributed by atoms with Crippen molar-refractivity contribution in [3.05, 3.63) is 106 Å². The third-order valence-electron chi connectivity index (χ3n) is 4.83. The Morgan fingerprint density at radius 3 is 2.15 bits per heavy atom. The molecule has 0 radical (unpaired) electrons. The summed E-state index contributed by atoms with van der Waals surface area (Å²) in [6.07, 6.45) is 0. The fraction of sp³-hybridized carbons (Fsp3) is 0.0435. The quantitative estimate of drug-likeness (QED) is 0.566. The Morgan fingerprint density at radius 2 is 1.44 bits per heavy atom. The number of nitrogens with zero attached hydrogens (tertiary/aromatic N) is 2. The van der Waals surface area contributed by atoms with Crippen LogP contribution in [0.5, 0.6) is 5.88 Å². The van der Waals surface area contributed by atoms with Crippen molar-refractivity contribution in [3.63, 3.8) is 0 Å². The standard InChI is InChI=1S/C23H17N3O/c1-14-10-12-15(13-11-14)20(22-24-18-8-4-5-9-19(18)25-22)21-16-6-2-3-7-17(16)26-23(21)27/h2-13,26-27H,1H3. The summed E-state index contributed by atoms with van der Waals surface area (Å²) in [6, 6.07) is 23.9. The molecule has 1 aliphatic rings. The number of aryl methyl sites for hydroxylation is 1. The van der Waals surface area contributed by atoms with Gasteiger partial charge in [-0.3, -0.25) is 0 Å². The van der Waals surface area contributed by atoms with Crippen molar-refractivity contribution in [2.24, 2.45) is 9.98 Å². The molecule has 0 bridgehead atoms. The number of rotatable bonds is 2. The second-order valence-corrected chi connectivity index (χ2v) is 6.67. The Kier molecular flexibility index (Phi) is 3.44. The van der Waals surface area contributed by atoms with Crippen LogP contribution in [-0.2, 0) is 0 Å². The van der Waals surface area contributed by atoms with Gasteiger partial charge in [0.25, 0.3) is 0 Å². The zero-order chi connectivity index (χ0) is 18.4. The number of aromatic nitrogens is 1. The van der Waals surface area contributed by atoms with E-state index in [0.29, 0.717) is 5.82 Å². The van der Waals surface area contributed by atoms with Crippen LogP contribution in [0.2, 0.25) is 0 Å². The molecule has 130 valence electrons. The zero-order valence-corrected chi connectivity index (χ0v) is 14.8. The molecule has 27 heavy (non-hydrogen) atoms. The summed E-state index contributed by atoms with van der Waals surface area (Å²) in [4.78, 5) is 12.6. The molecule has 4 nitrogen and oxygen atoms in total. The van der Waals surface area contributed by atoms with Gasteiger partial charge in [-0.25, -0.2) is 9.98 Å². The number of benzene rings is 3. The van der Waals surface area contributed by atoms with Crippen molar-refractivity contribution < 1.29 is 5.11 Å². The molecule has 1 aliphatic heterocycles. The molecule has 2 heterocycles. The molecule has 0 unspecified atom stereocenters. The molecule has 2 N–H and O–H groups in total. The maximum atomic E-state index is 10.7. The Hall–Kier alpha value is -3.66. The SMILES string of the molecule is Cc1ccc(C(=C2N=c3ccccc3=N2)c2c(O)[nH]c3ccccc23)cc1. The minimum absolute atomic E-state index is 0.126. The molecule has 0 atom stereocenters. The third-order valence-corrected chi connectivity index (χ3v) is 4.83. The van der Waals surface area contributed by atoms with Gasteiger partial charge in [0.05, 0.1) is 16.3 Å². The number of aromatic amines is 1. The van der Waals surface area contributed by atoms with E-state index in [0.717, 1.165) is 38.3 Å². The van der Waals surface area contributed by atoms with Gasteiger partial charge in [0.15, 0.2) is 11.7 Å². The summed E-state index contributed by atoms with van der Waals surface area (Å²) in [5, 5.41) is 13.4. The number of aromatic hydroxyl groups is 1. The largest absolute Gasteiger partial charge is 0.494 e. The van der Waals surface area contributed by atoms with Crippen LogP contribution in [0.15, 0.2) is 88.6 Å². The molecule has 5 rings (SSSR count). The van der Waals surface area contributed by atoms with Gasteiger partial charge in [0, 0.05) is 16.5 Å². The van der Waals surface area contributed by atoms with Gasteiger partial charge >= 0.3 is 0 Å². The van der Waals surface area contributed by atoms with Crippen LogP contribution < -0.4 is 10.7 Å². The highest BCUT2D eigenvalue weighted by Gasteiger charge is 2.21. The molecule has 0 fully saturated rings. The van der Waals surface area contributed by atoms with Crippen LogP contribution in [0.1, 0.15) is 16.7 Å². The van der Waals surface area contributed by atoms with E-state index in [4.69, 9.17) is 9.98 Å². The zero-order valence-electron chi connectivity index (χ0n) is 14.8. The van der Waals surface area contributed by atoms with Crippen LogP contribution in [-0.4, -0.2) is 10.1 Å². The highest BCUT2D eigenvalue weighted by Crippen LogP contribution is 2.39. The molecular weight excluding hydrogens is 334 g/mol. The Bertz CT molecular complexity index is 1290. The topological polar surface area (TPSA) is 60.7 Å². The molecule has 0 aliphatic carbocycles. The predicted octanol–water partition coefficient (Wildman–Crippen LogP) is 3.85. The summed E-state index contributed by atoms with van der Waals surface area (Å²) in [6.45, 7) is 2.06. The van der Waals surface area contributed by atoms with E-state index < -0.39 is 0 Å². The van der Waals surface area contributed by atoms with Crippen molar-refractivity contribution in [1.29, 1.82) is 0 Å². The first-order chi connectivity index (χ1) is 13.2. The van der Waals surface area contributed by atoms with Gasteiger partial charge < -0.3 is 10.1 Å². The van der Waals surface area contributed by atoms with Crippen molar-refractivity contribution >= 4 is 16.5 Å². The van der Waals surface area contributed by atoms with Gasteiger partial charge in [-0.15, -0.1) is 0 Å². The minimum Gasteiger partial charge on any atom is -0.494 e. The summed E-state index contributed by atoms with van der Waals surface area (Å²) < 4.78 is 0. The summed E-state index contributed by atoms with van der Waals surface area (Å²) in [5.41, 5.74) is 4.57. The molecule has 0 amide bonds. The van der Waals surface area contributed by atoms with Gasteiger partial charge in [0.1, 0.15) is 0 Å². The summed E-state index contributed by atoms with van der Waals surface area (Å²) >= 11 is 0. The summed E-state index contributed by atoms with van der Waals surface area (Å²) in [5.74, 6) is 0.737. The van der Waals surface area contributed by atoms with Crippen molar-refractivity contribution in [2.45, 2.75) is 6.92 Å². The minimum atomic E-state index is 0.126. The average molecular weight is 351 g/mol. The van der Waals surface area contributed by atoms with Crippen LogP contribution in [0.25, 0.3) is 16.5 Å². The molecule has 3 aromatic carbocycles.